The Morgan fingerprint density at radius 3 is 2.41 bits per heavy atom. The van der Waals surface area contributed by atoms with Crippen LogP contribution in [0.3, 0.4) is 0 Å². The van der Waals surface area contributed by atoms with E-state index in [9.17, 15) is 26.4 Å². The lowest BCUT2D eigenvalue weighted by molar-refractivity contribution is -0.0438. The molecule has 2 atom stereocenters. The zero-order chi connectivity index (χ0) is 32.1. The molecule has 44 heavy (non-hydrogen) atoms. The van der Waals surface area contributed by atoms with Crippen LogP contribution in [-0.4, -0.2) is 85.6 Å². The molecule has 240 valence electrons. The summed E-state index contributed by atoms with van der Waals surface area (Å²) in [5.41, 5.74) is 2.87. The van der Waals surface area contributed by atoms with Crippen molar-refractivity contribution >= 4 is 38.9 Å². The molecule has 11 nitrogen and oxygen atoms in total. The first kappa shape index (κ1) is 31.8. The van der Waals surface area contributed by atoms with E-state index in [1.54, 1.807) is 18.5 Å². The second-order valence-electron chi connectivity index (χ2n) is 11.7. The molecular formula is C29H39F3N8O3S. The smallest absolute Gasteiger partial charge is 0.359 e. The first-order valence-corrected chi connectivity index (χ1v) is 16.2. The van der Waals surface area contributed by atoms with Crippen LogP contribution in [0.25, 0.3) is 5.65 Å². The Hall–Kier alpha value is -3.59. The quantitative estimate of drug-likeness (QED) is 0.459. The van der Waals surface area contributed by atoms with E-state index in [0.717, 1.165) is 30.2 Å². The Kier molecular flexibility index (Phi) is 8.48. The van der Waals surface area contributed by atoms with Gasteiger partial charge in [0.1, 0.15) is 11.6 Å². The molecule has 4 heterocycles. The van der Waals surface area contributed by atoms with E-state index in [0.29, 0.717) is 47.1 Å². The molecule has 2 aliphatic rings. The summed E-state index contributed by atoms with van der Waals surface area (Å²) in [6.45, 7) is 6.90. The first-order chi connectivity index (χ1) is 20.7. The van der Waals surface area contributed by atoms with Crippen LogP contribution in [0.5, 0.6) is 0 Å². The van der Waals surface area contributed by atoms with Crippen LogP contribution < -0.4 is 19.8 Å². The van der Waals surface area contributed by atoms with Crippen molar-refractivity contribution in [1.29, 1.82) is 0 Å². The molecule has 0 aliphatic carbocycles. The molecule has 1 unspecified atom stereocenters. The number of carbonyl (C=O) groups excluding carboxylic acids is 1. The van der Waals surface area contributed by atoms with Crippen LogP contribution in [0.1, 0.15) is 65.8 Å². The number of aromatic nitrogens is 3. The number of hydrogen-bond acceptors (Lipinski definition) is 8. The number of carbonyl (C=O) groups is 1. The molecule has 2 N–H and O–H groups in total. The molecule has 0 spiro atoms. The maximum absolute atomic E-state index is 14.1. The van der Waals surface area contributed by atoms with Crippen molar-refractivity contribution < 1.29 is 26.4 Å². The van der Waals surface area contributed by atoms with Gasteiger partial charge in [-0.1, -0.05) is 18.6 Å². The largest absolute Gasteiger partial charge is 0.516 e. The van der Waals surface area contributed by atoms with Gasteiger partial charge in [-0.15, -0.1) is 0 Å². The minimum atomic E-state index is -5.80. The lowest BCUT2D eigenvalue weighted by Gasteiger charge is -2.30. The van der Waals surface area contributed by atoms with Gasteiger partial charge >= 0.3 is 15.5 Å². The van der Waals surface area contributed by atoms with E-state index in [2.05, 4.69) is 4.90 Å². The Morgan fingerprint density at radius 1 is 1.07 bits per heavy atom. The van der Waals surface area contributed by atoms with Crippen molar-refractivity contribution in [3.63, 3.8) is 0 Å². The Balaban J connectivity index is 1.69. The molecule has 2 bridgehead atoms. The fourth-order valence-corrected chi connectivity index (χ4v) is 7.27. The van der Waals surface area contributed by atoms with Gasteiger partial charge in [-0.25, -0.2) is 4.98 Å². The number of rotatable bonds is 3. The summed E-state index contributed by atoms with van der Waals surface area (Å²) in [5, 5.41) is 4.92. The van der Waals surface area contributed by atoms with Gasteiger partial charge in [-0.2, -0.15) is 31.2 Å². The number of nitrogens with two attached hydrogens (primary N) is 1. The van der Waals surface area contributed by atoms with Crippen molar-refractivity contribution in [3.05, 3.63) is 46.6 Å². The summed E-state index contributed by atoms with van der Waals surface area (Å²) in [5.74, 6) is 0.927. The topological polar surface area (TPSA) is 120 Å². The van der Waals surface area contributed by atoms with Gasteiger partial charge in [0, 0.05) is 57.9 Å². The van der Waals surface area contributed by atoms with Crippen LogP contribution in [0.2, 0.25) is 0 Å². The zero-order valence-electron chi connectivity index (χ0n) is 25.6. The third kappa shape index (κ3) is 5.55. The highest BCUT2D eigenvalue weighted by Gasteiger charge is 2.51. The minimum Gasteiger partial charge on any atom is -0.359 e. The van der Waals surface area contributed by atoms with E-state index in [-0.39, 0.29) is 23.7 Å². The number of halogens is 3. The monoisotopic (exact) mass is 636 g/mol. The molecule has 1 saturated heterocycles. The number of amides is 1. The molecule has 2 aliphatic heterocycles. The van der Waals surface area contributed by atoms with Crippen LogP contribution in [-0.2, 0) is 10.0 Å². The number of anilines is 3. The lowest BCUT2D eigenvalue weighted by Crippen LogP contribution is -2.43. The van der Waals surface area contributed by atoms with E-state index in [4.69, 9.17) is 15.8 Å². The van der Waals surface area contributed by atoms with Gasteiger partial charge < -0.3 is 20.4 Å². The third-order valence-electron chi connectivity index (χ3n) is 8.54. The summed E-state index contributed by atoms with van der Waals surface area (Å²) in [6, 6.07) is 5.51. The summed E-state index contributed by atoms with van der Waals surface area (Å²) in [4.78, 5) is 24.6. The summed E-state index contributed by atoms with van der Waals surface area (Å²) < 4.78 is 69.8. The molecular weight excluding hydrogens is 597 g/mol. The summed E-state index contributed by atoms with van der Waals surface area (Å²) in [6.07, 6.45) is 1.76. The molecule has 1 fully saturated rings. The Labute approximate surface area is 255 Å². The summed E-state index contributed by atoms with van der Waals surface area (Å²) >= 11 is 0. The minimum absolute atomic E-state index is 0.0335. The normalized spacial score (nSPS) is 20.8. The number of fused-ring (bicyclic) bond motifs is 2. The molecule has 2 aromatic heterocycles. The predicted molar refractivity (Wildman–Crippen MR) is 164 cm³/mol. The summed E-state index contributed by atoms with van der Waals surface area (Å²) in [7, 11) is -2.37. The molecule has 1 aromatic carbocycles. The molecule has 1 amide bonds. The fourth-order valence-electron chi connectivity index (χ4n) is 6.23. The lowest BCUT2D eigenvalue weighted by atomic mass is 10.0. The molecule has 3 aromatic rings. The van der Waals surface area contributed by atoms with E-state index in [1.165, 1.54) is 23.1 Å². The van der Waals surface area contributed by atoms with Crippen molar-refractivity contribution in [3.8, 4) is 0 Å². The second kappa shape index (κ2) is 11.7. The average Bonchev–Trinajstić information content (AvgIpc) is 3.57. The second-order valence-corrected chi connectivity index (χ2v) is 13.6. The van der Waals surface area contributed by atoms with Crippen LogP contribution in [0.4, 0.5) is 30.5 Å². The SMILES string of the molecule is CCC1c2cc3nc(N4CC[C@H](N)C4)c(C)c(n3n2)N(C)CCCCN(S(=O)(=O)C(F)(F)F)c2ccc(C)cc2C(=O)N1C. The number of alkyl halides is 3. The number of benzene rings is 1. The standard InChI is InChI=1S/C29H39F3N8O3S/c1-6-23-22-16-25-34-26(38-14-11-20(33)17-38)19(3)27(40(25)35-22)36(4)12-7-8-13-39(44(42,43)29(30,31)32)24-10-9-18(2)15-21(24)28(41)37(23)5/h9-10,15-16,20,23H,6-8,11-14,17,33H2,1-5H3/t20-,23?/m0/s1. The van der Waals surface area contributed by atoms with Gasteiger partial charge in [0.15, 0.2) is 5.65 Å². The van der Waals surface area contributed by atoms with Gasteiger partial charge in [0.2, 0.25) is 0 Å². The van der Waals surface area contributed by atoms with Crippen molar-refractivity contribution in [1.82, 2.24) is 19.5 Å². The van der Waals surface area contributed by atoms with Crippen molar-refractivity contribution in [2.75, 3.05) is 54.4 Å². The Morgan fingerprint density at radius 2 is 1.77 bits per heavy atom. The molecule has 5 rings (SSSR count). The fraction of sp³-hybridized carbons (Fsp3) is 0.552. The van der Waals surface area contributed by atoms with E-state index in [1.807, 2.05) is 31.9 Å². The van der Waals surface area contributed by atoms with E-state index < -0.39 is 34.0 Å². The van der Waals surface area contributed by atoms with Crippen LogP contribution in [0, 0.1) is 13.8 Å². The molecule has 0 saturated carbocycles. The maximum Gasteiger partial charge on any atom is 0.516 e. The van der Waals surface area contributed by atoms with Crippen molar-refractivity contribution in [2.45, 2.75) is 64.0 Å². The number of sulfonamides is 1. The van der Waals surface area contributed by atoms with Crippen LogP contribution in [0.15, 0.2) is 24.3 Å². The molecule has 15 heteroatoms. The highest BCUT2D eigenvalue weighted by Crippen LogP contribution is 2.37. The third-order valence-corrected chi connectivity index (χ3v) is 10.1. The van der Waals surface area contributed by atoms with Gasteiger partial charge in [-0.05, 0) is 51.7 Å². The van der Waals surface area contributed by atoms with Crippen LogP contribution >= 0.6 is 0 Å². The molecule has 0 radical (unpaired) electrons. The number of hydrogen-bond donors (Lipinski definition) is 1. The van der Waals surface area contributed by atoms with Gasteiger partial charge in [0.25, 0.3) is 5.91 Å². The van der Waals surface area contributed by atoms with E-state index >= 15 is 0 Å². The average molecular weight is 637 g/mol. The maximum atomic E-state index is 14.1. The predicted octanol–water partition coefficient (Wildman–Crippen LogP) is 3.99. The van der Waals surface area contributed by atoms with Gasteiger partial charge in [-0.3, -0.25) is 9.10 Å². The van der Waals surface area contributed by atoms with Crippen molar-refractivity contribution in [2.24, 2.45) is 5.73 Å². The highest BCUT2D eigenvalue weighted by atomic mass is 32.2. The first-order valence-electron chi connectivity index (χ1n) is 14.7. The highest BCUT2D eigenvalue weighted by molar-refractivity contribution is 7.93. The van der Waals surface area contributed by atoms with Gasteiger partial charge in [0.05, 0.1) is 23.0 Å². The number of aryl methyl sites for hydroxylation is 1. The Bertz CT molecular complexity index is 1680. The number of nitrogens with zero attached hydrogens (tertiary/aromatic N) is 7. The zero-order valence-corrected chi connectivity index (χ0v) is 26.4.